The van der Waals surface area contributed by atoms with E-state index in [1.54, 1.807) is 30.8 Å². The van der Waals surface area contributed by atoms with E-state index in [0.29, 0.717) is 29.3 Å². The van der Waals surface area contributed by atoms with Crippen molar-refractivity contribution in [2.45, 2.75) is 37.0 Å². The summed E-state index contributed by atoms with van der Waals surface area (Å²) in [6.45, 7) is 1.79. The third-order valence-corrected chi connectivity index (χ3v) is 8.82. The molecule has 1 unspecified atom stereocenters. The van der Waals surface area contributed by atoms with E-state index in [0.717, 1.165) is 38.2 Å². The van der Waals surface area contributed by atoms with Crippen molar-refractivity contribution in [2.75, 3.05) is 0 Å². The van der Waals surface area contributed by atoms with Gasteiger partial charge in [-0.15, -0.1) is 11.8 Å². The largest absolute Gasteiger partial charge is 0.478 e. The van der Waals surface area contributed by atoms with Crippen LogP contribution in [0.15, 0.2) is 95.9 Å². The number of fused-ring (bicyclic) bond motifs is 1. The molecule has 2 atom stereocenters. The van der Waals surface area contributed by atoms with Gasteiger partial charge in [0.2, 0.25) is 0 Å². The number of hydrogen-bond acceptors (Lipinski definition) is 4. The van der Waals surface area contributed by atoms with Gasteiger partial charge in [-0.2, -0.15) is 0 Å². The summed E-state index contributed by atoms with van der Waals surface area (Å²) in [5.41, 5.74) is 4.00. The number of halogens is 2. The molecule has 0 spiro atoms. The number of aromatic nitrogens is 1. The quantitative estimate of drug-likeness (QED) is 0.200. The van der Waals surface area contributed by atoms with Crippen LogP contribution >= 0.6 is 35.0 Å². The molecule has 3 aromatic carbocycles. The Morgan fingerprint density at radius 1 is 1.05 bits per heavy atom. The zero-order valence-electron chi connectivity index (χ0n) is 22.4. The molecule has 4 nitrogen and oxygen atoms in total. The molecular formula is C34H29Cl2NO3S. The van der Waals surface area contributed by atoms with Gasteiger partial charge in [0.05, 0.1) is 22.4 Å². The number of aromatic carboxylic acids is 1. The summed E-state index contributed by atoms with van der Waals surface area (Å²) < 4.78 is 0. The van der Waals surface area contributed by atoms with Crippen LogP contribution in [0.1, 0.15) is 57.8 Å². The predicted octanol–water partition coefficient (Wildman–Crippen LogP) is 9.41. The van der Waals surface area contributed by atoms with E-state index < -0.39 is 11.6 Å². The van der Waals surface area contributed by atoms with Crippen LogP contribution in [0, 0.1) is 0 Å². The van der Waals surface area contributed by atoms with Crippen molar-refractivity contribution in [3.63, 3.8) is 0 Å². The molecule has 0 bridgehead atoms. The highest BCUT2D eigenvalue weighted by Gasteiger charge is 2.22. The zero-order valence-corrected chi connectivity index (χ0v) is 24.8. The molecule has 1 aromatic heterocycles. The number of pyridine rings is 1. The van der Waals surface area contributed by atoms with E-state index in [2.05, 4.69) is 24.3 Å². The number of thioether (sulfide) groups is 1. The fourth-order valence-electron chi connectivity index (χ4n) is 4.75. The van der Waals surface area contributed by atoms with E-state index in [1.807, 2.05) is 60.7 Å². The molecule has 0 radical (unpaired) electrons. The average Bonchev–Trinajstić information content (AvgIpc) is 2.95. The molecule has 2 N–H and O–H groups in total. The van der Waals surface area contributed by atoms with Crippen molar-refractivity contribution in [1.82, 2.24) is 4.98 Å². The molecular weight excluding hydrogens is 573 g/mol. The number of aliphatic hydroxyl groups is 1. The summed E-state index contributed by atoms with van der Waals surface area (Å²) in [4.78, 5) is 17.7. The monoisotopic (exact) mass is 601 g/mol. The smallest absolute Gasteiger partial charge is 0.336 e. The fraction of sp³-hybridized carbons (Fsp3) is 0.176. The summed E-state index contributed by atoms with van der Waals surface area (Å²) in [7, 11) is 0. The number of hydrogen-bond donors (Lipinski definition) is 2. The van der Waals surface area contributed by atoms with Crippen molar-refractivity contribution in [3.8, 4) is 0 Å². The van der Waals surface area contributed by atoms with E-state index in [9.17, 15) is 15.0 Å². The topological polar surface area (TPSA) is 70.4 Å². The summed E-state index contributed by atoms with van der Waals surface area (Å²) in [5, 5.41) is 22.2. The summed E-state index contributed by atoms with van der Waals surface area (Å²) >= 11 is 14.0. The highest BCUT2D eigenvalue weighted by atomic mass is 35.5. The number of allylic oxidation sites excluding steroid dienone is 1. The van der Waals surface area contributed by atoms with E-state index >= 15 is 0 Å². The lowest BCUT2D eigenvalue weighted by Crippen LogP contribution is -2.21. The molecule has 41 heavy (non-hydrogen) atoms. The van der Waals surface area contributed by atoms with Crippen LogP contribution in [0.3, 0.4) is 0 Å². The number of carboxylic acids is 1. The Hall–Kier alpha value is -3.35. The molecule has 5 rings (SSSR count). The van der Waals surface area contributed by atoms with Gasteiger partial charge >= 0.3 is 5.97 Å². The van der Waals surface area contributed by atoms with Crippen LogP contribution in [-0.2, 0) is 6.42 Å². The second-order valence-electron chi connectivity index (χ2n) is 10.3. The van der Waals surface area contributed by atoms with Gasteiger partial charge in [0.15, 0.2) is 0 Å². The minimum Gasteiger partial charge on any atom is -0.478 e. The first-order valence-corrected chi connectivity index (χ1v) is 14.9. The number of nitrogens with zero attached hydrogens (tertiary/aromatic N) is 1. The van der Waals surface area contributed by atoms with E-state index in [-0.39, 0.29) is 10.8 Å². The Labute approximate surface area is 254 Å². The Kier molecular flexibility index (Phi) is 9.00. The number of carbonyl (C=O) groups is 1. The minimum atomic E-state index is -0.983. The molecule has 0 saturated heterocycles. The zero-order chi connectivity index (χ0) is 29.0. The Morgan fingerprint density at radius 3 is 2.61 bits per heavy atom. The summed E-state index contributed by atoms with van der Waals surface area (Å²) in [5.74, 6) is -0.983. The molecule has 1 aliphatic carbocycles. The summed E-state index contributed by atoms with van der Waals surface area (Å²) in [6.07, 6.45) is 11.7. The molecule has 0 aliphatic heterocycles. The first-order chi connectivity index (χ1) is 19.6. The average molecular weight is 603 g/mol. The molecule has 1 heterocycles. The van der Waals surface area contributed by atoms with Gasteiger partial charge in [0, 0.05) is 25.6 Å². The lowest BCUT2D eigenvalue weighted by Gasteiger charge is -2.24. The van der Waals surface area contributed by atoms with Gasteiger partial charge in [-0.1, -0.05) is 90.0 Å². The van der Waals surface area contributed by atoms with Crippen molar-refractivity contribution in [1.29, 1.82) is 0 Å². The van der Waals surface area contributed by atoms with Crippen LogP contribution in [0.5, 0.6) is 0 Å². The first kappa shape index (κ1) is 29.2. The van der Waals surface area contributed by atoms with Gasteiger partial charge < -0.3 is 10.2 Å². The highest BCUT2D eigenvalue weighted by molar-refractivity contribution is 8.03. The second-order valence-corrected chi connectivity index (χ2v) is 12.5. The van der Waals surface area contributed by atoms with Gasteiger partial charge in [0.1, 0.15) is 0 Å². The first-order valence-electron chi connectivity index (χ1n) is 13.3. The normalized spacial score (nSPS) is 17.6. The molecule has 7 heteroatoms. The lowest BCUT2D eigenvalue weighted by molar-refractivity contribution is 0.0695. The maximum atomic E-state index is 11.9. The minimum absolute atomic E-state index is 0.0561. The highest BCUT2D eigenvalue weighted by Crippen LogP contribution is 2.41. The van der Waals surface area contributed by atoms with Crippen LogP contribution in [0.25, 0.3) is 23.1 Å². The molecule has 4 aromatic rings. The molecule has 0 saturated carbocycles. The maximum absolute atomic E-state index is 11.9. The molecule has 0 amide bonds. The third-order valence-electron chi connectivity index (χ3n) is 6.98. The van der Waals surface area contributed by atoms with E-state index in [1.165, 1.54) is 6.07 Å². The van der Waals surface area contributed by atoms with Crippen molar-refractivity contribution < 1.29 is 15.0 Å². The van der Waals surface area contributed by atoms with Crippen LogP contribution in [0.2, 0.25) is 10.0 Å². The van der Waals surface area contributed by atoms with Crippen molar-refractivity contribution >= 4 is 64.0 Å². The van der Waals surface area contributed by atoms with Crippen molar-refractivity contribution in [2.24, 2.45) is 0 Å². The van der Waals surface area contributed by atoms with Gasteiger partial charge in [-0.25, -0.2) is 9.78 Å². The third kappa shape index (κ3) is 7.69. The number of benzene rings is 3. The number of rotatable bonds is 9. The van der Waals surface area contributed by atoms with Crippen LogP contribution in [0.4, 0.5) is 0 Å². The fourth-order valence-corrected chi connectivity index (χ4v) is 6.26. The maximum Gasteiger partial charge on any atom is 0.336 e. The molecule has 208 valence electrons. The van der Waals surface area contributed by atoms with Gasteiger partial charge in [-0.3, -0.25) is 0 Å². The van der Waals surface area contributed by atoms with E-state index in [4.69, 9.17) is 28.2 Å². The van der Waals surface area contributed by atoms with Gasteiger partial charge in [0.25, 0.3) is 0 Å². The van der Waals surface area contributed by atoms with Crippen LogP contribution in [-0.4, -0.2) is 26.8 Å². The predicted molar refractivity (Wildman–Crippen MR) is 172 cm³/mol. The molecule has 1 aliphatic rings. The van der Waals surface area contributed by atoms with Crippen molar-refractivity contribution in [3.05, 3.63) is 134 Å². The van der Waals surface area contributed by atoms with Crippen LogP contribution < -0.4 is 0 Å². The number of carboxylic acid groups (broad SMARTS) is 1. The number of aryl methyl sites for hydroxylation is 1. The van der Waals surface area contributed by atoms with Gasteiger partial charge in [-0.05, 0) is 79.3 Å². The standard InChI is InChI=1S/C34H29Cl2NO3S/c1-34(40)17-15-29(16-18-34)41-32(14-9-23-6-10-26(35)20-30(23)33(38)39)25-4-2-3-22(19-25)5-12-28-13-8-24-7-11-27(36)21-31(24)37-28/h2-8,10-13,15-17,19-21,32,40H,9,14,18H2,1H3,(H,38,39)/t32-,34?/m0/s1. The summed E-state index contributed by atoms with van der Waals surface area (Å²) in [6, 6.07) is 23.1. The molecule has 0 fully saturated rings. The lowest BCUT2D eigenvalue weighted by atomic mass is 9.98. The SMILES string of the molecule is CC1(O)C=CC(S[C@@H](CCc2ccc(Cl)cc2C(=O)O)c2cccc(C=Cc3ccc4ccc(Cl)cc4n3)c2)=CC1. The second kappa shape index (κ2) is 12.7. The Balaban J connectivity index is 1.40. The Bertz CT molecular complexity index is 1690. The Morgan fingerprint density at radius 2 is 1.83 bits per heavy atom.